The molecule has 2 aromatic carbocycles. The molecule has 0 saturated carbocycles. The molecular formula is C21H24ClFN2O5. The Bertz CT molecular complexity index is 848. The number of carbonyl (C=O) groups is 2. The number of carbonyl (C=O) groups excluding carboxylic acids is 2. The van der Waals surface area contributed by atoms with Crippen molar-refractivity contribution in [3.63, 3.8) is 0 Å². The molecule has 0 heterocycles. The first-order valence-electron chi connectivity index (χ1n) is 9.32. The molecule has 0 aliphatic carbocycles. The van der Waals surface area contributed by atoms with E-state index in [0.717, 1.165) is 11.6 Å². The van der Waals surface area contributed by atoms with Crippen molar-refractivity contribution < 1.29 is 28.6 Å². The summed E-state index contributed by atoms with van der Waals surface area (Å²) in [4.78, 5) is 23.5. The van der Waals surface area contributed by atoms with Crippen LogP contribution in [0.2, 0.25) is 5.02 Å². The Morgan fingerprint density at radius 2 is 1.63 bits per heavy atom. The lowest BCUT2D eigenvalue weighted by Crippen LogP contribution is -2.37. The lowest BCUT2D eigenvalue weighted by atomic mass is 10.2. The number of ether oxygens (including phenoxy) is 2. The van der Waals surface area contributed by atoms with E-state index in [0.29, 0.717) is 5.75 Å². The van der Waals surface area contributed by atoms with Crippen LogP contribution in [0.4, 0.5) is 4.39 Å². The molecule has 2 rings (SSSR count). The van der Waals surface area contributed by atoms with Crippen molar-refractivity contribution in [3.05, 3.63) is 58.9 Å². The summed E-state index contributed by atoms with van der Waals surface area (Å²) in [7, 11) is 0. The van der Waals surface area contributed by atoms with E-state index in [1.807, 2.05) is 19.1 Å². The van der Waals surface area contributed by atoms with Gasteiger partial charge in [0.2, 0.25) is 0 Å². The van der Waals surface area contributed by atoms with E-state index in [2.05, 4.69) is 10.6 Å². The maximum atomic E-state index is 13.3. The maximum Gasteiger partial charge on any atom is 0.258 e. The Morgan fingerprint density at radius 3 is 2.30 bits per heavy atom. The first-order chi connectivity index (χ1) is 14.3. The second-order valence-electron chi connectivity index (χ2n) is 6.56. The van der Waals surface area contributed by atoms with Crippen LogP contribution in [0.3, 0.4) is 0 Å². The molecule has 0 aliphatic heterocycles. The highest BCUT2D eigenvalue weighted by atomic mass is 35.5. The highest BCUT2D eigenvalue weighted by Gasteiger charge is 2.10. The number of halogens is 2. The van der Waals surface area contributed by atoms with Crippen LogP contribution in [-0.4, -0.2) is 49.3 Å². The molecule has 0 aromatic heterocycles. The average molecular weight is 439 g/mol. The van der Waals surface area contributed by atoms with Gasteiger partial charge in [-0.2, -0.15) is 0 Å². The van der Waals surface area contributed by atoms with Crippen LogP contribution in [0.15, 0.2) is 42.5 Å². The lowest BCUT2D eigenvalue weighted by Gasteiger charge is -2.13. The summed E-state index contributed by atoms with van der Waals surface area (Å²) in [6.07, 6.45) is -0.597. The number of rotatable bonds is 11. The molecule has 7 nitrogen and oxygen atoms in total. The Kier molecular flexibility index (Phi) is 9.37. The van der Waals surface area contributed by atoms with Crippen LogP contribution in [-0.2, 0) is 9.59 Å². The summed E-state index contributed by atoms with van der Waals surface area (Å²) in [6, 6.07) is 11.2. The zero-order chi connectivity index (χ0) is 21.9. The highest BCUT2D eigenvalue weighted by Crippen LogP contribution is 2.20. The summed E-state index contributed by atoms with van der Waals surface area (Å²) < 4.78 is 23.8. The van der Waals surface area contributed by atoms with Crippen LogP contribution < -0.4 is 20.1 Å². The van der Waals surface area contributed by atoms with Crippen molar-refractivity contribution in [2.45, 2.75) is 19.4 Å². The van der Waals surface area contributed by atoms with Crippen LogP contribution in [0.5, 0.6) is 11.5 Å². The smallest absolute Gasteiger partial charge is 0.258 e. The molecule has 9 heteroatoms. The maximum absolute atomic E-state index is 13.3. The Hall–Kier alpha value is -2.84. The second-order valence-corrected chi connectivity index (χ2v) is 6.97. The third-order valence-electron chi connectivity index (χ3n) is 3.99. The number of hydrogen-bond donors (Lipinski definition) is 3. The SMILES string of the molecule is Cc1ccc(OCC(=O)NC[C@@H](O)CCNC(=O)COc2ccc(Cl)c(F)c2)cc1. The molecule has 0 fully saturated rings. The minimum atomic E-state index is -0.833. The zero-order valence-electron chi connectivity index (χ0n) is 16.5. The predicted molar refractivity (Wildman–Crippen MR) is 110 cm³/mol. The largest absolute Gasteiger partial charge is 0.484 e. The number of benzene rings is 2. The number of aryl methyl sites for hydroxylation is 1. The fourth-order valence-electron chi connectivity index (χ4n) is 2.31. The van der Waals surface area contributed by atoms with E-state index >= 15 is 0 Å². The standard InChI is InChI=1S/C21H24ClFN2O5/c1-14-2-4-16(5-3-14)29-13-21(28)25-11-15(26)8-9-24-20(27)12-30-17-6-7-18(22)19(23)10-17/h2-7,10,15,26H,8-9,11-13H2,1H3,(H,24,27)(H,25,28)/t15-/m0/s1. The summed E-state index contributed by atoms with van der Waals surface area (Å²) >= 11 is 5.57. The van der Waals surface area contributed by atoms with Crippen LogP contribution in [0.25, 0.3) is 0 Å². The number of nitrogens with one attached hydrogen (secondary N) is 2. The topological polar surface area (TPSA) is 96.9 Å². The van der Waals surface area contributed by atoms with Gasteiger partial charge in [-0.15, -0.1) is 0 Å². The zero-order valence-corrected chi connectivity index (χ0v) is 17.2. The van der Waals surface area contributed by atoms with Gasteiger partial charge < -0.3 is 25.2 Å². The fraction of sp³-hybridized carbons (Fsp3) is 0.333. The quantitative estimate of drug-likeness (QED) is 0.500. The van der Waals surface area contributed by atoms with Crippen molar-refractivity contribution in [1.82, 2.24) is 10.6 Å². The summed E-state index contributed by atoms with van der Waals surface area (Å²) in [5.74, 6) is -0.649. The normalized spacial score (nSPS) is 11.5. The van der Waals surface area contributed by atoms with Crippen LogP contribution in [0.1, 0.15) is 12.0 Å². The van der Waals surface area contributed by atoms with Gasteiger partial charge in [-0.3, -0.25) is 9.59 Å². The number of aliphatic hydroxyl groups excluding tert-OH is 1. The van der Waals surface area contributed by atoms with Gasteiger partial charge in [-0.25, -0.2) is 4.39 Å². The second kappa shape index (κ2) is 12.0. The van der Waals surface area contributed by atoms with Gasteiger partial charge >= 0.3 is 0 Å². The van der Waals surface area contributed by atoms with Crippen molar-refractivity contribution in [2.24, 2.45) is 0 Å². The Balaban J connectivity index is 1.55. The molecule has 3 N–H and O–H groups in total. The minimum absolute atomic E-state index is 0.0328. The van der Waals surface area contributed by atoms with Crippen molar-refractivity contribution in [2.75, 3.05) is 26.3 Å². The minimum Gasteiger partial charge on any atom is -0.484 e. The van der Waals surface area contributed by atoms with E-state index in [4.69, 9.17) is 21.1 Å². The molecule has 30 heavy (non-hydrogen) atoms. The molecule has 0 spiro atoms. The molecule has 2 aromatic rings. The van der Waals surface area contributed by atoms with Crippen molar-refractivity contribution >= 4 is 23.4 Å². The molecule has 0 saturated heterocycles. The van der Waals surface area contributed by atoms with Gasteiger partial charge in [0.05, 0.1) is 11.1 Å². The third kappa shape index (κ3) is 8.67. The molecule has 2 amide bonds. The Morgan fingerprint density at radius 1 is 1.03 bits per heavy atom. The van der Waals surface area contributed by atoms with Crippen LogP contribution in [0, 0.1) is 12.7 Å². The summed E-state index contributed by atoms with van der Waals surface area (Å²) in [5, 5.41) is 15.0. The van der Waals surface area contributed by atoms with Gasteiger partial charge in [0, 0.05) is 19.2 Å². The molecule has 0 aliphatic rings. The fourth-order valence-corrected chi connectivity index (χ4v) is 2.43. The first-order valence-corrected chi connectivity index (χ1v) is 9.70. The van der Waals surface area contributed by atoms with Gasteiger partial charge in [-0.1, -0.05) is 29.3 Å². The monoisotopic (exact) mass is 438 g/mol. The average Bonchev–Trinajstić information content (AvgIpc) is 2.72. The van der Waals surface area contributed by atoms with E-state index < -0.39 is 17.8 Å². The number of hydrogen-bond acceptors (Lipinski definition) is 5. The third-order valence-corrected chi connectivity index (χ3v) is 4.29. The molecule has 0 radical (unpaired) electrons. The molecule has 0 bridgehead atoms. The van der Waals surface area contributed by atoms with Crippen LogP contribution >= 0.6 is 11.6 Å². The summed E-state index contributed by atoms with van der Waals surface area (Å²) in [5.41, 5.74) is 1.09. The number of aliphatic hydroxyl groups is 1. The van der Waals surface area contributed by atoms with Gasteiger partial charge in [0.25, 0.3) is 11.8 Å². The van der Waals surface area contributed by atoms with Gasteiger partial charge in [0.15, 0.2) is 13.2 Å². The van der Waals surface area contributed by atoms with E-state index in [1.54, 1.807) is 12.1 Å². The van der Waals surface area contributed by atoms with Gasteiger partial charge in [-0.05, 0) is 37.6 Å². The predicted octanol–water partition coefficient (Wildman–Crippen LogP) is 2.23. The molecule has 1 atom stereocenters. The van der Waals surface area contributed by atoms with Crippen molar-refractivity contribution in [1.29, 1.82) is 0 Å². The first kappa shape index (κ1) is 23.4. The highest BCUT2D eigenvalue weighted by molar-refractivity contribution is 6.30. The molecule has 162 valence electrons. The molecule has 0 unspecified atom stereocenters. The van der Waals surface area contributed by atoms with Gasteiger partial charge in [0.1, 0.15) is 17.3 Å². The van der Waals surface area contributed by atoms with E-state index in [-0.39, 0.29) is 49.4 Å². The van der Waals surface area contributed by atoms with E-state index in [9.17, 15) is 19.1 Å². The van der Waals surface area contributed by atoms with E-state index in [1.165, 1.54) is 12.1 Å². The lowest BCUT2D eigenvalue weighted by molar-refractivity contribution is -0.124. The number of amides is 2. The summed E-state index contributed by atoms with van der Waals surface area (Å²) in [6.45, 7) is 1.72. The molecular weight excluding hydrogens is 415 g/mol. The Labute approximate surface area is 179 Å². The van der Waals surface area contributed by atoms with Crippen molar-refractivity contribution in [3.8, 4) is 11.5 Å².